The minimum Gasteiger partial charge on any atom is -0.457 e. The van der Waals surface area contributed by atoms with Gasteiger partial charge in [-0.3, -0.25) is 0 Å². The van der Waals surface area contributed by atoms with E-state index >= 15 is 0 Å². The predicted molar refractivity (Wildman–Crippen MR) is 42.5 cm³/mol. The highest BCUT2D eigenvalue weighted by atomic mass is 32.2. The fourth-order valence-electron chi connectivity index (χ4n) is 0.664. The van der Waals surface area contributed by atoms with Crippen LogP contribution >= 0.6 is 12.0 Å². The van der Waals surface area contributed by atoms with Crippen LogP contribution in [0.3, 0.4) is 0 Å². The Morgan fingerprint density at radius 1 is 1.53 bits per heavy atom. The highest BCUT2D eigenvalue weighted by Gasteiger charge is 2.47. The van der Waals surface area contributed by atoms with Crippen LogP contribution in [0.1, 0.15) is 12.8 Å². The van der Waals surface area contributed by atoms with Gasteiger partial charge in [0.25, 0.3) is 0 Å². The maximum absolute atomic E-state index is 12.7. The summed E-state index contributed by atoms with van der Waals surface area (Å²) in [5, 5.41) is 15.7. The van der Waals surface area contributed by atoms with Crippen molar-refractivity contribution in [3.63, 3.8) is 0 Å². The Morgan fingerprint density at radius 3 is 2.60 bits per heavy atom. The molecule has 0 aromatic rings. The van der Waals surface area contributed by atoms with Crippen LogP contribution in [0, 0.1) is 0 Å². The zero-order valence-corrected chi connectivity index (χ0v) is 8.13. The molecule has 15 heavy (non-hydrogen) atoms. The molecule has 1 rings (SSSR count). The van der Waals surface area contributed by atoms with Crippen LogP contribution in [0.4, 0.5) is 8.78 Å². The van der Waals surface area contributed by atoms with Crippen LogP contribution in [0.5, 0.6) is 0 Å². The summed E-state index contributed by atoms with van der Waals surface area (Å²) in [4.78, 5) is 10.7. The van der Waals surface area contributed by atoms with Gasteiger partial charge in [-0.15, -0.1) is 4.33 Å². The van der Waals surface area contributed by atoms with Gasteiger partial charge in [0.1, 0.15) is 18.6 Å². The maximum atomic E-state index is 12.7. The molecule has 0 aromatic heterocycles. The van der Waals surface area contributed by atoms with Gasteiger partial charge in [0.2, 0.25) is 0 Å². The molecule has 6 nitrogen and oxygen atoms in total. The van der Waals surface area contributed by atoms with E-state index in [-0.39, 0.29) is 0 Å². The van der Waals surface area contributed by atoms with Crippen molar-refractivity contribution in [3.05, 3.63) is 0 Å². The predicted octanol–water partition coefficient (Wildman–Crippen LogP) is 0.717. The molecule has 9 heteroatoms. The highest BCUT2D eigenvalue weighted by Crippen LogP contribution is 2.37. The van der Waals surface area contributed by atoms with Gasteiger partial charge in [-0.1, -0.05) is 5.04 Å². The molecule has 0 radical (unpaired) electrons. The zero-order chi connectivity index (χ0) is 11.5. The van der Waals surface area contributed by atoms with Gasteiger partial charge >= 0.3 is 11.2 Å². The highest BCUT2D eigenvalue weighted by molar-refractivity contribution is 7.96. The van der Waals surface area contributed by atoms with Crippen LogP contribution in [-0.2, 0) is 18.9 Å². The van der Waals surface area contributed by atoms with E-state index < -0.39 is 35.5 Å². The lowest BCUT2D eigenvalue weighted by molar-refractivity contribution is -0.433. The lowest BCUT2D eigenvalue weighted by atomic mass is 10.4. The number of carbonyl (C=O) groups is 1. The van der Waals surface area contributed by atoms with Crippen molar-refractivity contribution < 1.29 is 38.0 Å². The molecule has 88 valence electrons. The molecule has 0 saturated heterocycles. The van der Waals surface area contributed by atoms with Crippen molar-refractivity contribution in [2.24, 2.45) is 0 Å². The van der Waals surface area contributed by atoms with Gasteiger partial charge in [0.15, 0.2) is 0 Å². The molecule has 0 atom stereocenters. The van der Waals surface area contributed by atoms with Crippen molar-refractivity contribution in [1.29, 1.82) is 0 Å². The molecule has 2 N–H and O–H groups in total. The molecule has 0 aromatic carbocycles. The number of hydrogen-bond acceptors (Lipinski definition) is 7. The second kappa shape index (κ2) is 4.58. The standard InChI is InChI=1S/C6H8F2O6S/c7-6(8,15-14-13-11)4(9)12-3-5(10)1-2-5/h10-11H,1-3H2. The zero-order valence-electron chi connectivity index (χ0n) is 7.31. The molecule has 1 aliphatic rings. The number of esters is 1. The summed E-state index contributed by atoms with van der Waals surface area (Å²) in [6.45, 7) is -0.484. The SMILES string of the molecule is O=C(OCC1(O)CC1)C(F)(F)SOOO. The summed E-state index contributed by atoms with van der Waals surface area (Å²) in [7, 11) is 0. The maximum Gasteiger partial charge on any atom is 0.415 e. The molecule has 0 amide bonds. The van der Waals surface area contributed by atoms with Crippen LogP contribution in [0.25, 0.3) is 0 Å². The Labute approximate surface area is 87.2 Å². The van der Waals surface area contributed by atoms with E-state index in [1.54, 1.807) is 0 Å². The monoisotopic (exact) mass is 246 g/mol. The Kier molecular flexibility index (Phi) is 3.84. The average molecular weight is 246 g/mol. The van der Waals surface area contributed by atoms with Gasteiger partial charge in [-0.25, -0.2) is 10.1 Å². The number of hydrogen-bond donors (Lipinski definition) is 2. The Balaban J connectivity index is 2.30. The largest absolute Gasteiger partial charge is 0.457 e. The smallest absolute Gasteiger partial charge is 0.415 e. The van der Waals surface area contributed by atoms with Crippen LogP contribution < -0.4 is 0 Å². The topological polar surface area (TPSA) is 85.2 Å². The summed E-state index contributed by atoms with van der Waals surface area (Å²) < 4.78 is 33.0. The molecular weight excluding hydrogens is 238 g/mol. The molecule has 0 aliphatic heterocycles. The minimum absolute atomic E-state index is 0.412. The van der Waals surface area contributed by atoms with Crippen molar-refractivity contribution in [3.8, 4) is 0 Å². The normalized spacial score (nSPS) is 18.7. The molecule has 1 aliphatic carbocycles. The summed E-state index contributed by atoms with van der Waals surface area (Å²) in [6.07, 6.45) is 0.824. The van der Waals surface area contributed by atoms with Crippen molar-refractivity contribution in [2.75, 3.05) is 6.61 Å². The molecular formula is C6H8F2O6S. The van der Waals surface area contributed by atoms with E-state index in [1.807, 2.05) is 0 Å². The van der Waals surface area contributed by atoms with E-state index in [9.17, 15) is 18.7 Å². The molecule has 0 unspecified atom stereocenters. The fraction of sp³-hybridized carbons (Fsp3) is 0.833. The van der Waals surface area contributed by atoms with Crippen molar-refractivity contribution >= 4 is 18.0 Å². The van der Waals surface area contributed by atoms with Crippen molar-refractivity contribution in [2.45, 2.75) is 23.7 Å². The third-order valence-corrected chi connectivity index (χ3v) is 2.21. The second-order valence-corrected chi connectivity index (χ2v) is 3.86. The molecule has 0 heterocycles. The molecule has 1 fully saturated rings. The summed E-state index contributed by atoms with van der Waals surface area (Å²) >= 11 is -0.704. The van der Waals surface area contributed by atoms with E-state index in [2.05, 4.69) is 14.1 Å². The molecule has 1 saturated carbocycles. The lowest BCUT2D eigenvalue weighted by Crippen LogP contribution is -2.31. The van der Waals surface area contributed by atoms with Gasteiger partial charge in [0.05, 0.1) is 5.60 Å². The number of rotatable bonds is 6. The van der Waals surface area contributed by atoms with E-state index in [1.165, 1.54) is 0 Å². The van der Waals surface area contributed by atoms with E-state index in [0.717, 1.165) is 0 Å². The minimum atomic E-state index is -4.01. The number of aliphatic hydroxyl groups is 1. The first-order chi connectivity index (χ1) is 6.90. The summed E-state index contributed by atoms with van der Waals surface area (Å²) in [6, 6.07) is 0. The second-order valence-electron chi connectivity index (χ2n) is 3.04. The first kappa shape index (κ1) is 12.6. The van der Waals surface area contributed by atoms with Gasteiger partial charge < -0.3 is 9.84 Å². The number of carbonyl (C=O) groups excluding carboxylic acids is 1. The van der Waals surface area contributed by atoms with E-state index in [0.29, 0.717) is 12.8 Å². The number of ether oxygens (including phenoxy) is 1. The first-order valence-corrected chi connectivity index (χ1v) is 4.57. The molecule has 0 bridgehead atoms. The quantitative estimate of drug-likeness (QED) is 0.309. The number of halogens is 2. The van der Waals surface area contributed by atoms with Gasteiger partial charge in [0, 0.05) is 0 Å². The van der Waals surface area contributed by atoms with Crippen LogP contribution in [0.2, 0.25) is 0 Å². The third-order valence-electron chi connectivity index (χ3n) is 1.71. The lowest BCUT2D eigenvalue weighted by Gasteiger charge is -2.13. The van der Waals surface area contributed by atoms with Crippen molar-refractivity contribution in [1.82, 2.24) is 0 Å². The Morgan fingerprint density at radius 2 is 2.13 bits per heavy atom. The van der Waals surface area contributed by atoms with Gasteiger partial charge in [-0.2, -0.15) is 8.78 Å². The van der Waals surface area contributed by atoms with Crippen LogP contribution in [-0.4, -0.2) is 33.8 Å². The summed E-state index contributed by atoms with van der Waals surface area (Å²) in [5.74, 6) is -1.87. The molecule has 0 spiro atoms. The fourth-order valence-corrected chi connectivity index (χ4v) is 0.907. The Bertz CT molecular complexity index is 244. The first-order valence-electron chi connectivity index (χ1n) is 3.83. The number of alkyl halides is 2. The average Bonchev–Trinajstić information content (AvgIpc) is 2.90. The summed E-state index contributed by atoms with van der Waals surface area (Å²) in [5.41, 5.74) is -1.16. The van der Waals surface area contributed by atoms with Gasteiger partial charge in [-0.05, 0) is 12.8 Å². The van der Waals surface area contributed by atoms with Crippen LogP contribution in [0.15, 0.2) is 0 Å². The van der Waals surface area contributed by atoms with E-state index in [4.69, 9.17) is 5.26 Å². The third kappa shape index (κ3) is 3.87. The Hall–Kier alpha value is -0.480.